The molecule has 7 heteroatoms. The van der Waals surface area contributed by atoms with Crippen molar-refractivity contribution in [1.82, 2.24) is 0 Å². The van der Waals surface area contributed by atoms with Gasteiger partial charge in [0.15, 0.2) is 0 Å². The van der Waals surface area contributed by atoms with Crippen LogP contribution in [0.2, 0.25) is 10.0 Å². The first-order valence-electron chi connectivity index (χ1n) is 4.76. The SMILES string of the molecule is OCC(O)C(O)C=NNc1cc(Cl)ccc1Cl. The summed E-state index contributed by atoms with van der Waals surface area (Å²) in [5.41, 5.74) is 3.04. The van der Waals surface area contributed by atoms with Crippen molar-refractivity contribution in [3.05, 3.63) is 28.2 Å². The van der Waals surface area contributed by atoms with Crippen LogP contribution in [0.15, 0.2) is 23.3 Å². The molecule has 0 amide bonds. The Bertz CT molecular complexity index is 401. The van der Waals surface area contributed by atoms with Crippen molar-refractivity contribution < 1.29 is 15.3 Å². The van der Waals surface area contributed by atoms with Crippen LogP contribution in [-0.2, 0) is 0 Å². The van der Waals surface area contributed by atoms with Crippen molar-refractivity contribution >= 4 is 35.1 Å². The van der Waals surface area contributed by atoms with Crippen LogP contribution >= 0.6 is 23.2 Å². The molecule has 0 aliphatic heterocycles. The van der Waals surface area contributed by atoms with E-state index in [4.69, 9.17) is 33.4 Å². The summed E-state index contributed by atoms with van der Waals surface area (Å²) >= 11 is 11.6. The Balaban J connectivity index is 2.61. The number of aliphatic hydroxyl groups excluding tert-OH is 3. The van der Waals surface area contributed by atoms with Gasteiger partial charge in [-0.25, -0.2) is 0 Å². The van der Waals surface area contributed by atoms with Crippen molar-refractivity contribution in [2.75, 3.05) is 12.0 Å². The minimum Gasteiger partial charge on any atom is -0.394 e. The molecule has 0 radical (unpaired) electrons. The third-order valence-corrected chi connectivity index (χ3v) is 2.49. The molecule has 0 aromatic heterocycles. The first-order valence-corrected chi connectivity index (χ1v) is 5.51. The van der Waals surface area contributed by atoms with Crippen molar-refractivity contribution in [3.8, 4) is 0 Å². The van der Waals surface area contributed by atoms with Gasteiger partial charge in [0, 0.05) is 5.02 Å². The first kappa shape index (κ1) is 14.2. The molecule has 2 atom stereocenters. The molecule has 94 valence electrons. The number of hydrogen-bond acceptors (Lipinski definition) is 5. The molecule has 0 saturated heterocycles. The third kappa shape index (κ3) is 4.49. The van der Waals surface area contributed by atoms with Crippen LogP contribution in [0.1, 0.15) is 0 Å². The average Bonchev–Trinajstić information content (AvgIpc) is 2.32. The van der Waals surface area contributed by atoms with Crippen LogP contribution in [0.25, 0.3) is 0 Å². The fourth-order valence-corrected chi connectivity index (χ4v) is 1.31. The molecular weight excluding hydrogens is 267 g/mol. The van der Waals surface area contributed by atoms with Crippen LogP contribution in [0.4, 0.5) is 5.69 Å². The Morgan fingerprint density at radius 1 is 1.35 bits per heavy atom. The van der Waals surface area contributed by atoms with Crippen LogP contribution in [0.5, 0.6) is 0 Å². The van der Waals surface area contributed by atoms with Crippen LogP contribution in [-0.4, -0.2) is 40.3 Å². The highest BCUT2D eigenvalue weighted by atomic mass is 35.5. The normalized spacial score (nSPS) is 14.9. The topological polar surface area (TPSA) is 85.1 Å². The van der Waals surface area contributed by atoms with Gasteiger partial charge in [0.2, 0.25) is 0 Å². The second-order valence-corrected chi connectivity index (χ2v) is 4.10. The van der Waals surface area contributed by atoms with Gasteiger partial charge in [-0.2, -0.15) is 5.10 Å². The summed E-state index contributed by atoms with van der Waals surface area (Å²) in [7, 11) is 0. The second kappa shape index (κ2) is 6.78. The molecule has 2 unspecified atom stereocenters. The van der Waals surface area contributed by atoms with Gasteiger partial charge in [0.25, 0.3) is 0 Å². The Morgan fingerprint density at radius 2 is 2.06 bits per heavy atom. The molecule has 1 rings (SSSR count). The van der Waals surface area contributed by atoms with E-state index in [1.54, 1.807) is 18.2 Å². The average molecular weight is 279 g/mol. The Hall–Kier alpha value is -0.850. The van der Waals surface area contributed by atoms with E-state index in [9.17, 15) is 5.11 Å². The predicted molar refractivity (Wildman–Crippen MR) is 67.7 cm³/mol. The van der Waals surface area contributed by atoms with Crippen molar-refractivity contribution in [2.24, 2.45) is 5.10 Å². The minimum atomic E-state index is -1.27. The lowest BCUT2D eigenvalue weighted by molar-refractivity contribution is 0.0204. The molecule has 0 heterocycles. The van der Waals surface area contributed by atoms with Gasteiger partial charge in [-0.1, -0.05) is 23.2 Å². The van der Waals surface area contributed by atoms with E-state index in [2.05, 4.69) is 10.5 Å². The van der Waals surface area contributed by atoms with Gasteiger partial charge in [0.05, 0.1) is 23.5 Å². The minimum absolute atomic E-state index is 0.420. The largest absolute Gasteiger partial charge is 0.394 e. The molecule has 0 aliphatic carbocycles. The van der Waals surface area contributed by atoms with Gasteiger partial charge in [-0.3, -0.25) is 5.43 Å². The van der Waals surface area contributed by atoms with E-state index >= 15 is 0 Å². The Morgan fingerprint density at radius 3 is 2.71 bits per heavy atom. The Kier molecular flexibility index (Phi) is 5.67. The number of halogens is 2. The maximum Gasteiger partial charge on any atom is 0.119 e. The van der Waals surface area contributed by atoms with Crippen molar-refractivity contribution in [2.45, 2.75) is 12.2 Å². The van der Waals surface area contributed by atoms with E-state index < -0.39 is 18.8 Å². The van der Waals surface area contributed by atoms with Crippen molar-refractivity contribution in [3.63, 3.8) is 0 Å². The van der Waals surface area contributed by atoms with E-state index in [-0.39, 0.29) is 0 Å². The summed E-state index contributed by atoms with van der Waals surface area (Å²) in [5.74, 6) is 0. The molecule has 17 heavy (non-hydrogen) atoms. The molecule has 0 spiro atoms. The van der Waals surface area contributed by atoms with E-state index in [0.29, 0.717) is 15.7 Å². The fraction of sp³-hybridized carbons (Fsp3) is 0.300. The van der Waals surface area contributed by atoms with Gasteiger partial charge in [-0.05, 0) is 18.2 Å². The highest BCUT2D eigenvalue weighted by Gasteiger charge is 2.11. The number of nitrogens with one attached hydrogen (secondary N) is 1. The molecule has 0 aliphatic rings. The molecular formula is C10H12Cl2N2O3. The zero-order valence-corrected chi connectivity index (χ0v) is 10.2. The molecule has 1 aromatic rings. The lowest BCUT2D eigenvalue weighted by Gasteiger charge is -2.10. The molecule has 0 fully saturated rings. The molecule has 0 bridgehead atoms. The monoisotopic (exact) mass is 278 g/mol. The number of hydrazone groups is 1. The van der Waals surface area contributed by atoms with E-state index in [0.717, 1.165) is 6.21 Å². The number of hydrogen-bond donors (Lipinski definition) is 4. The van der Waals surface area contributed by atoms with Gasteiger partial charge in [0.1, 0.15) is 12.2 Å². The summed E-state index contributed by atoms with van der Waals surface area (Å²) < 4.78 is 0. The highest BCUT2D eigenvalue weighted by Crippen LogP contribution is 2.25. The highest BCUT2D eigenvalue weighted by molar-refractivity contribution is 6.35. The zero-order valence-electron chi connectivity index (χ0n) is 8.72. The quantitative estimate of drug-likeness (QED) is 0.480. The molecule has 1 aromatic carbocycles. The molecule has 0 saturated carbocycles. The Labute approximate surface area is 108 Å². The summed E-state index contributed by atoms with van der Waals surface area (Å²) in [5, 5.41) is 31.5. The number of nitrogens with zero attached hydrogens (tertiary/aromatic N) is 1. The lowest BCUT2D eigenvalue weighted by atomic mass is 10.2. The summed E-state index contributed by atoms with van der Waals surface area (Å²) in [4.78, 5) is 0. The van der Waals surface area contributed by atoms with E-state index in [1.165, 1.54) is 0 Å². The first-order chi connectivity index (χ1) is 8.04. The van der Waals surface area contributed by atoms with Gasteiger partial charge in [-0.15, -0.1) is 0 Å². The smallest absolute Gasteiger partial charge is 0.119 e. The van der Waals surface area contributed by atoms with Gasteiger partial charge < -0.3 is 15.3 Å². The number of anilines is 1. The summed E-state index contributed by atoms with van der Waals surface area (Å²) in [6.07, 6.45) is -1.47. The molecule has 5 nitrogen and oxygen atoms in total. The third-order valence-electron chi connectivity index (χ3n) is 1.92. The van der Waals surface area contributed by atoms with Crippen LogP contribution < -0.4 is 5.43 Å². The zero-order chi connectivity index (χ0) is 12.8. The maximum absolute atomic E-state index is 9.26. The number of rotatable bonds is 5. The van der Waals surface area contributed by atoms with Crippen LogP contribution in [0.3, 0.4) is 0 Å². The summed E-state index contributed by atoms with van der Waals surface area (Å²) in [6.45, 7) is -0.550. The molecule has 4 N–H and O–H groups in total. The summed E-state index contributed by atoms with van der Waals surface area (Å²) in [6, 6.07) is 4.79. The predicted octanol–water partition coefficient (Wildman–Crippen LogP) is 1.11. The van der Waals surface area contributed by atoms with E-state index in [1.807, 2.05) is 0 Å². The van der Waals surface area contributed by atoms with Gasteiger partial charge >= 0.3 is 0 Å². The number of aliphatic hydroxyl groups is 3. The number of benzene rings is 1. The van der Waals surface area contributed by atoms with Crippen molar-refractivity contribution in [1.29, 1.82) is 0 Å². The van der Waals surface area contributed by atoms with Crippen LogP contribution in [0, 0.1) is 0 Å². The lowest BCUT2D eigenvalue weighted by Crippen LogP contribution is -2.30. The second-order valence-electron chi connectivity index (χ2n) is 3.25. The fourth-order valence-electron chi connectivity index (χ4n) is 0.974. The maximum atomic E-state index is 9.26. The standard InChI is InChI=1S/C10H12Cl2N2O3/c11-6-1-2-7(12)8(3-6)14-13-4-9(16)10(17)5-15/h1-4,9-10,14-17H,5H2.